The number of carbonyl (C=O) groups excluding carboxylic acids is 2. The molecule has 0 radical (unpaired) electrons. The highest BCUT2D eigenvalue weighted by Gasteiger charge is 2.26. The maximum Gasteiger partial charge on any atom is 0.227 e. The average molecular weight is 349 g/mol. The maximum absolute atomic E-state index is 12.3. The quantitative estimate of drug-likeness (QED) is 0.753. The molecule has 2 heterocycles. The van der Waals surface area contributed by atoms with E-state index in [4.69, 9.17) is 4.42 Å². The third-order valence-corrected chi connectivity index (χ3v) is 4.61. The van der Waals surface area contributed by atoms with Gasteiger partial charge in [-0.05, 0) is 42.7 Å². The number of amides is 2. The summed E-state index contributed by atoms with van der Waals surface area (Å²) < 4.78 is 5.43. The molecule has 1 aromatic heterocycles. The predicted molar refractivity (Wildman–Crippen MR) is 98.9 cm³/mol. The minimum absolute atomic E-state index is 0.0176. The van der Waals surface area contributed by atoms with E-state index >= 15 is 0 Å². The van der Waals surface area contributed by atoms with Crippen molar-refractivity contribution in [3.05, 3.63) is 53.9 Å². The monoisotopic (exact) mass is 349 g/mol. The van der Waals surface area contributed by atoms with E-state index in [2.05, 4.69) is 15.6 Å². The van der Waals surface area contributed by atoms with Crippen LogP contribution < -0.4 is 10.6 Å². The van der Waals surface area contributed by atoms with Gasteiger partial charge in [0, 0.05) is 30.6 Å². The van der Waals surface area contributed by atoms with Gasteiger partial charge in [0.1, 0.15) is 5.52 Å². The van der Waals surface area contributed by atoms with E-state index in [1.807, 2.05) is 24.3 Å². The number of nitrogens with zero attached hydrogens (tertiary/aromatic N) is 1. The van der Waals surface area contributed by atoms with Crippen LogP contribution in [0.5, 0.6) is 0 Å². The summed E-state index contributed by atoms with van der Waals surface area (Å²) in [6.45, 7) is 1.78. The van der Waals surface area contributed by atoms with E-state index in [0.717, 1.165) is 11.3 Å². The Balaban J connectivity index is 1.37. The Labute approximate surface area is 150 Å². The number of anilines is 2. The lowest BCUT2D eigenvalue weighted by atomic mass is 9.89. The van der Waals surface area contributed by atoms with Crippen molar-refractivity contribution in [2.24, 2.45) is 5.92 Å². The van der Waals surface area contributed by atoms with Crippen molar-refractivity contribution in [1.82, 2.24) is 4.98 Å². The maximum atomic E-state index is 12.3. The number of nitrogens with one attached hydrogen (secondary N) is 2. The molecule has 3 aromatic rings. The molecule has 1 atom stereocenters. The van der Waals surface area contributed by atoms with E-state index in [1.54, 1.807) is 25.1 Å². The van der Waals surface area contributed by atoms with Crippen LogP contribution in [-0.4, -0.2) is 16.8 Å². The number of oxazole rings is 1. The SMILES string of the molecule is Cc1nc2cc(NC(=O)CC[C@@H]3Cc4ccccc4NC3=O)ccc2o1. The van der Waals surface area contributed by atoms with Crippen molar-refractivity contribution in [2.75, 3.05) is 10.6 Å². The lowest BCUT2D eigenvalue weighted by Gasteiger charge is -2.24. The molecule has 132 valence electrons. The van der Waals surface area contributed by atoms with Gasteiger partial charge < -0.3 is 15.1 Å². The standard InChI is InChI=1S/C20H19N3O3/c1-12-21-17-11-15(7-8-18(17)26-12)22-19(24)9-6-14-10-13-4-2-3-5-16(13)23-20(14)25/h2-5,7-8,11,14H,6,9-10H2,1H3,(H,22,24)(H,23,25)/t14-/m1/s1. The predicted octanol–water partition coefficient (Wildman–Crippen LogP) is 3.67. The third kappa shape index (κ3) is 3.31. The van der Waals surface area contributed by atoms with Crippen molar-refractivity contribution in [2.45, 2.75) is 26.2 Å². The molecule has 0 saturated carbocycles. The number of benzene rings is 2. The Morgan fingerprint density at radius 2 is 2.15 bits per heavy atom. The number of aromatic nitrogens is 1. The lowest BCUT2D eigenvalue weighted by Crippen LogP contribution is -2.30. The Morgan fingerprint density at radius 3 is 3.04 bits per heavy atom. The summed E-state index contributed by atoms with van der Waals surface area (Å²) >= 11 is 0. The van der Waals surface area contributed by atoms with Gasteiger partial charge in [-0.2, -0.15) is 0 Å². The molecule has 0 fully saturated rings. The Kier molecular flexibility index (Phi) is 4.16. The molecule has 2 aromatic carbocycles. The minimum Gasteiger partial charge on any atom is -0.441 e. The number of hydrogen-bond acceptors (Lipinski definition) is 4. The molecule has 2 N–H and O–H groups in total. The number of hydrogen-bond donors (Lipinski definition) is 2. The Hall–Kier alpha value is -3.15. The van der Waals surface area contributed by atoms with Crippen LogP contribution in [0.3, 0.4) is 0 Å². The summed E-state index contributed by atoms with van der Waals surface area (Å²) in [5.41, 5.74) is 4.06. The highest BCUT2D eigenvalue weighted by atomic mass is 16.3. The highest BCUT2D eigenvalue weighted by molar-refractivity contribution is 5.97. The molecule has 1 aliphatic rings. The molecular weight excluding hydrogens is 330 g/mol. The van der Waals surface area contributed by atoms with Gasteiger partial charge in [-0.3, -0.25) is 9.59 Å². The first kappa shape index (κ1) is 16.3. The van der Waals surface area contributed by atoms with Crippen LogP contribution in [-0.2, 0) is 16.0 Å². The van der Waals surface area contributed by atoms with Gasteiger partial charge in [0.05, 0.1) is 0 Å². The first-order valence-electron chi connectivity index (χ1n) is 8.64. The summed E-state index contributed by atoms with van der Waals surface area (Å²) in [5, 5.41) is 5.78. The highest BCUT2D eigenvalue weighted by Crippen LogP contribution is 2.27. The number of fused-ring (bicyclic) bond motifs is 2. The molecule has 0 bridgehead atoms. The normalized spacial score (nSPS) is 16.2. The Morgan fingerprint density at radius 1 is 1.31 bits per heavy atom. The van der Waals surface area contributed by atoms with Crippen LogP contribution >= 0.6 is 0 Å². The molecule has 0 aliphatic carbocycles. The van der Waals surface area contributed by atoms with Crippen molar-refractivity contribution in [3.63, 3.8) is 0 Å². The summed E-state index contributed by atoms with van der Waals surface area (Å²) in [6.07, 6.45) is 1.47. The van der Waals surface area contributed by atoms with Crippen LogP contribution in [0, 0.1) is 12.8 Å². The third-order valence-electron chi connectivity index (χ3n) is 4.61. The largest absolute Gasteiger partial charge is 0.441 e. The second kappa shape index (κ2) is 6.63. The van der Waals surface area contributed by atoms with Crippen molar-refractivity contribution < 1.29 is 14.0 Å². The van der Waals surface area contributed by atoms with Crippen molar-refractivity contribution in [1.29, 1.82) is 0 Å². The van der Waals surface area contributed by atoms with Crippen molar-refractivity contribution in [3.8, 4) is 0 Å². The molecule has 2 amide bonds. The van der Waals surface area contributed by atoms with E-state index < -0.39 is 0 Å². The van der Waals surface area contributed by atoms with Crippen LogP contribution in [0.15, 0.2) is 46.9 Å². The van der Waals surface area contributed by atoms with Gasteiger partial charge in [-0.1, -0.05) is 18.2 Å². The van der Waals surface area contributed by atoms with Gasteiger partial charge in [-0.25, -0.2) is 4.98 Å². The first-order valence-corrected chi connectivity index (χ1v) is 8.64. The smallest absolute Gasteiger partial charge is 0.227 e. The number of para-hydroxylation sites is 1. The summed E-state index contributed by atoms with van der Waals surface area (Å²) in [7, 11) is 0. The zero-order chi connectivity index (χ0) is 18.1. The minimum atomic E-state index is -0.184. The van der Waals surface area contributed by atoms with E-state index in [1.165, 1.54) is 0 Å². The van der Waals surface area contributed by atoms with E-state index in [-0.39, 0.29) is 24.2 Å². The van der Waals surface area contributed by atoms with Crippen LogP contribution in [0.2, 0.25) is 0 Å². The van der Waals surface area contributed by atoms with E-state index in [0.29, 0.717) is 35.5 Å². The Bertz CT molecular complexity index is 993. The molecule has 1 aliphatic heterocycles. The molecule has 0 unspecified atom stereocenters. The molecule has 6 nitrogen and oxygen atoms in total. The molecule has 26 heavy (non-hydrogen) atoms. The van der Waals surface area contributed by atoms with Gasteiger partial charge in [-0.15, -0.1) is 0 Å². The van der Waals surface area contributed by atoms with Crippen LogP contribution in [0.25, 0.3) is 11.1 Å². The van der Waals surface area contributed by atoms with Crippen molar-refractivity contribution >= 4 is 34.3 Å². The van der Waals surface area contributed by atoms with E-state index in [9.17, 15) is 9.59 Å². The zero-order valence-electron chi connectivity index (χ0n) is 14.4. The number of aryl methyl sites for hydroxylation is 1. The number of carbonyl (C=O) groups is 2. The molecule has 0 spiro atoms. The van der Waals surface area contributed by atoms with Gasteiger partial charge in [0.25, 0.3) is 0 Å². The van der Waals surface area contributed by atoms with Gasteiger partial charge in [0.15, 0.2) is 11.5 Å². The zero-order valence-corrected chi connectivity index (χ0v) is 14.4. The van der Waals surface area contributed by atoms with Crippen LogP contribution in [0.4, 0.5) is 11.4 Å². The summed E-state index contributed by atoms with van der Waals surface area (Å²) in [4.78, 5) is 28.7. The topological polar surface area (TPSA) is 84.2 Å². The summed E-state index contributed by atoms with van der Waals surface area (Å²) in [5.74, 6) is 0.274. The lowest BCUT2D eigenvalue weighted by molar-refractivity contribution is -0.121. The van der Waals surface area contributed by atoms with Gasteiger partial charge >= 0.3 is 0 Å². The molecule has 4 rings (SSSR count). The van der Waals surface area contributed by atoms with Crippen LogP contribution in [0.1, 0.15) is 24.3 Å². The second-order valence-corrected chi connectivity index (χ2v) is 6.55. The summed E-state index contributed by atoms with van der Waals surface area (Å²) in [6, 6.07) is 13.1. The fourth-order valence-electron chi connectivity index (χ4n) is 3.30. The average Bonchev–Trinajstić information content (AvgIpc) is 2.99. The number of rotatable bonds is 4. The fourth-order valence-corrected chi connectivity index (χ4v) is 3.30. The van der Waals surface area contributed by atoms with Gasteiger partial charge in [0.2, 0.25) is 11.8 Å². The molecule has 6 heteroatoms. The second-order valence-electron chi connectivity index (χ2n) is 6.55. The molecule has 0 saturated heterocycles. The fraction of sp³-hybridized carbons (Fsp3) is 0.250. The molecular formula is C20H19N3O3. The first-order chi connectivity index (χ1) is 12.6.